The van der Waals surface area contributed by atoms with Crippen molar-refractivity contribution in [2.24, 2.45) is 5.73 Å². The van der Waals surface area contributed by atoms with Crippen LogP contribution in [0.15, 0.2) is 18.2 Å². The molecule has 18 heavy (non-hydrogen) atoms. The van der Waals surface area contributed by atoms with Crippen LogP contribution < -0.4 is 11.1 Å². The van der Waals surface area contributed by atoms with Gasteiger partial charge in [-0.15, -0.1) is 0 Å². The minimum Gasteiger partial charge on any atom is -0.330 e. The second kappa shape index (κ2) is 4.39. The molecule has 1 saturated carbocycles. The number of hydrogen-bond acceptors (Lipinski definition) is 2. The Labute approximate surface area is 108 Å². The summed E-state index contributed by atoms with van der Waals surface area (Å²) >= 11 is 0. The van der Waals surface area contributed by atoms with Gasteiger partial charge in [0.05, 0.1) is 0 Å². The first kappa shape index (κ1) is 11.7. The Kier molecular flexibility index (Phi) is 2.86. The molecule has 3 nitrogen and oxygen atoms in total. The standard InChI is InChI=1S/C15H20N2O/c16-10-15(8-1-2-9-15)12-5-3-4-11-6-7-13(18)17-14(11)12/h3-5H,1-2,6-10,16H2,(H,17,18). The van der Waals surface area contributed by atoms with Gasteiger partial charge in [0.2, 0.25) is 5.91 Å². The summed E-state index contributed by atoms with van der Waals surface area (Å²) in [6, 6.07) is 6.39. The molecule has 3 heteroatoms. The van der Waals surface area contributed by atoms with Crippen LogP contribution in [0, 0.1) is 0 Å². The van der Waals surface area contributed by atoms with E-state index >= 15 is 0 Å². The maximum Gasteiger partial charge on any atom is 0.224 e. The van der Waals surface area contributed by atoms with Gasteiger partial charge in [0, 0.05) is 24.1 Å². The van der Waals surface area contributed by atoms with E-state index in [0.29, 0.717) is 13.0 Å². The monoisotopic (exact) mass is 244 g/mol. The van der Waals surface area contributed by atoms with Crippen molar-refractivity contribution in [2.45, 2.75) is 43.9 Å². The summed E-state index contributed by atoms with van der Waals surface area (Å²) in [5.74, 6) is 0.139. The van der Waals surface area contributed by atoms with Gasteiger partial charge < -0.3 is 11.1 Å². The number of fused-ring (bicyclic) bond motifs is 1. The molecule has 1 heterocycles. The Morgan fingerprint density at radius 2 is 2.00 bits per heavy atom. The molecule has 0 spiro atoms. The van der Waals surface area contributed by atoms with Gasteiger partial charge in [0.1, 0.15) is 0 Å². The molecule has 96 valence electrons. The number of anilines is 1. The second-order valence-corrected chi connectivity index (χ2v) is 5.58. The lowest BCUT2D eigenvalue weighted by molar-refractivity contribution is -0.116. The number of aryl methyl sites for hydroxylation is 1. The van der Waals surface area contributed by atoms with Gasteiger partial charge >= 0.3 is 0 Å². The summed E-state index contributed by atoms with van der Waals surface area (Å²) < 4.78 is 0. The van der Waals surface area contributed by atoms with E-state index in [0.717, 1.165) is 24.9 Å². The topological polar surface area (TPSA) is 55.1 Å². The van der Waals surface area contributed by atoms with Crippen LogP contribution in [0.4, 0.5) is 5.69 Å². The summed E-state index contributed by atoms with van der Waals surface area (Å²) in [4.78, 5) is 11.6. The lowest BCUT2D eigenvalue weighted by Gasteiger charge is -2.32. The van der Waals surface area contributed by atoms with E-state index in [2.05, 4.69) is 23.5 Å². The van der Waals surface area contributed by atoms with E-state index in [1.807, 2.05) is 0 Å². The first-order valence-corrected chi connectivity index (χ1v) is 6.87. The van der Waals surface area contributed by atoms with Crippen molar-refractivity contribution >= 4 is 11.6 Å². The molecule has 1 aromatic carbocycles. The normalized spacial score (nSPS) is 21.5. The minimum atomic E-state index is 0.0932. The average molecular weight is 244 g/mol. The predicted octanol–water partition coefficient (Wildman–Crippen LogP) is 2.34. The molecular formula is C15H20N2O. The largest absolute Gasteiger partial charge is 0.330 e. The molecule has 1 aliphatic carbocycles. The van der Waals surface area contributed by atoms with E-state index in [-0.39, 0.29) is 11.3 Å². The molecule has 0 atom stereocenters. The predicted molar refractivity (Wildman–Crippen MR) is 72.6 cm³/mol. The van der Waals surface area contributed by atoms with E-state index in [1.165, 1.54) is 24.0 Å². The Hall–Kier alpha value is -1.35. The van der Waals surface area contributed by atoms with Gasteiger partial charge in [-0.25, -0.2) is 0 Å². The summed E-state index contributed by atoms with van der Waals surface area (Å²) in [6.07, 6.45) is 6.25. The highest BCUT2D eigenvalue weighted by Gasteiger charge is 2.37. The molecule has 3 N–H and O–H groups in total. The quantitative estimate of drug-likeness (QED) is 0.839. The number of nitrogens with one attached hydrogen (secondary N) is 1. The average Bonchev–Trinajstić information content (AvgIpc) is 2.88. The highest BCUT2D eigenvalue weighted by molar-refractivity contribution is 5.95. The third-order valence-electron chi connectivity index (χ3n) is 4.56. The number of benzene rings is 1. The third-order valence-corrected chi connectivity index (χ3v) is 4.56. The molecule has 1 amide bonds. The lowest BCUT2D eigenvalue weighted by Crippen LogP contribution is -2.34. The van der Waals surface area contributed by atoms with Crippen molar-refractivity contribution in [1.29, 1.82) is 0 Å². The lowest BCUT2D eigenvalue weighted by atomic mass is 9.76. The molecule has 1 aliphatic heterocycles. The number of hydrogen-bond donors (Lipinski definition) is 2. The Balaban J connectivity index is 2.09. The second-order valence-electron chi connectivity index (χ2n) is 5.58. The molecule has 2 aliphatic rings. The van der Waals surface area contributed by atoms with E-state index in [4.69, 9.17) is 5.73 Å². The molecule has 0 saturated heterocycles. The van der Waals surface area contributed by atoms with Crippen molar-refractivity contribution in [3.8, 4) is 0 Å². The summed E-state index contributed by atoms with van der Waals surface area (Å²) in [7, 11) is 0. The first-order chi connectivity index (χ1) is 8.75. The summed E-state index contributed by atoms with van der Waals surface area (Å²) in [5, 5.41) is 3.07. The molecule has 0 aromatic heterocycles. The number of carbonyl (C=O) groups is 1. The summed E-state index contributed by atoms with van der Waals surface area (Å²) in [6.45, 7) is 0.680. The number of nitrogens with two attached hydrogens (primary N) is 1. The van der Waals surface area contributed by atoms with Crippen LogP contribution in [0.5, 0.6) is 0 Å². The Bertz CT molecular complexity index is 475. The van der Waals surface area contributed by atoms with Crippen LogP contribution in [0.25, 0.3) is 0 Å². The van der Waals surface area contributed by atoms with Gasteiger partial charge in [0.25, 0.3) is 0 Å². The van der Waals surface area contributed by atoms with E-state index < -0.39 is 0 Å². The minimum absolute atomic E-state index is 0.0932. The van der Waals surface area contributed by atoms with Crippen molar-refractivity contribution < 1.29 is 4.79 Å². The Morgan fingerprint density at radius 3 is 2.72 bits per heavy atom. The third kappa shape index (κ3) is 1.74. The fraction of sp³-hybridized carbons (Fsp3) is 0.533. The number of carbonyl (C=O) groups excluding carboxylic acids is 1. The molecule has 0 bridgehead atoms. The smallest absolute Gasteiger partial charge is 0.224 e. The zero-order valence-electron chi connectivity index (χ0n) is 10.7. The molecule has 3 rings (SSSR count). The van der Waals surface area contributed by atoms with Crippen LogP contribution in [0.1, 0.15) is 43.2 Å². The first-order valence-electron chi connectivity index (χ1n) is 6.87. The maximum absolute atomic E-state index is 11.6. The molecule has 1 fully saturated rings. The van der Waals surface area contributed by atoms with Gasteiger partial charge in [-0.1, -0.05) is 31.0 Å². The summed E-state index contributed by atoms with van der Waals surface area (Å²) in [5.41, 5.74) is 9.75. The van der Waals surface area contributed by atoms with Crippen LogP contribution in [-0.2, 0) is 16.6 Å². The molecule has 0 unspecified atom stereocenters. The molecule has 1 aromatic rings. The van der Waals surface area contributed by atoms with Crippen LogP contribution in [0.2, 0.25) is 0 Å². The number of amides is 1. The zero-order chi connectivity index (χ0) is 12.6. The van der Waals surface area contributed by atoms with E-state index in [1.54, 1.807) is 0 Å². The van der Waals surface area contributed by atoms with Crippen molar-refractivity contribution in [3.63, 3.8) is 0 Å². The van der Waals surface area contributed by atoms with Gasteiger partial charge in [-0.2, -0.15) is 0 Å². The van der Waals surface area contributed by atoms with E-state index in [9.17, 15) is 4.79 Å². The molecular weight excluding hydrogens is 224 g/mol. The Morgan fingerprint density at radius 1 is 1.22 bits per heavy atom. The zero-order valence-corrected chi connectivity index (χ0v) is 10.7. The number of para-hydroxylation sites is 1. The van der Waals surface area contributed by atoms with Crippen molar-refractivity contribution in [1.82, 2.24) is 0 Å². The fourth-order valence-corrected chi connectivity index (χ4v) is 3.48. The van der Waals surface area contributed by atoms with Gasteiger partial charge in [-0.3, -0.25) is 4.79 Å². The van der Waals surface area contributed by atoms with Crippen molar-refractivity contribution in [3.05, 3.63) is 29.3 Å². The van der Waals surface area contributed by atoms with Gasteiger partial charge in [-0.05, 0) is 30.4 Å². The maximum atomic E-state index is 11.6. The van der Waals surface area contributed by atoms with Crippen LogP contribution >= 0.6 is 0 Å². The fourth-order valence-electron chi connectivity index (χ4n) is 3.48. The van der Waals surface area contributed by atoms with Gasteiger partial charge in [0.15, 0.2) is 0 Å². The number of rotatable bonds is 2. The highest BCUT2D eigenvalue weighted by Crippen LogP contribution is 2.44. The van der Waals surface area contributed by atoms with Crippen LogP contribution in [0.3, 0.4) is 0 Å². The molecule has 0 radical (unpaired) electrons. The van der Waals surface area contributed by atoms with Crippen LogP contribution in [-0.4, -0.2) is 12.5 Å². The van der Waals surface area contributed by atoms with Crippen molar-refractivity contribution in [2.75, 3.05) is 11.9 Å². The highest BCUT2D eigenvalue weighted by atomic mass is 16.1. The SMILES string of the molecule is NCC1(c2cccc3c2NC(=O)CC3)CCCC1.